The summed E-state index contributed by atoms with van der Waals surface area (Å²) in [6.07, 6.45) is 4.17. The highest BCUT2D eigenvalue weighted by molar-refractivity contribution is 4.65. The van der Waals surface area contributed by atoms with Gasteiger partial charge >= 0.3 is 0 Å². The summed E-state index contributed by atoms with van der Waals surface area (Å²) in [7, 11) is 0. The SMILES string of the molecule is CC(C)(C)CCC[C@@H](N)CCO. The Morgan fingerprint density at radius 2 is 1.83 bits per heavy atom. The molecule has 12 heavy (non-hydrogen) atoms. The number of hydrogen-bond acceptors (Lipinski definition) is 2. The van der Waals surface area contributed by atoms with Crippen molar-refractivity contribution in [1.29, 1.82) is 0 Å². The van der Waals surface area contributed by atoms with Gasteiger partial charge in [0, 0.05) is 12.6 Å². The summed E-state index contributed by atoms with van der Waals surface area (Å²) >= 11 is 0. The van der Waals surface area contributed by atoms with Crippen molar-refractivity contribution in [2.75, 3.05) is 6.61 Å². The fourth-order valence-electron chi connectivity index (χ4n) is 1.20. The zero-order chi connectivity index (χ0) is 9.61. The van der Waals surface area contributed by atoms with Crippen LogP contribution in [0.1, 0.15) is 46.5 Å². The Labute approximate surface area is 76.2 Å². The third-order valence-electron chi connectivity index (χ3n) is 2.00. The lowest BCUT2D eigenvalue weighted by Crippen LogP contribution is -2.21. The van der Waals surface area contributed by atoms with Gasteiger partial charge in [0.05, 0.1) is 0 Å². The summed E-state index contributed by atoms with van der Waals surface area (Å²) in [5.74, 6) is 0. The third kappa shape index (κ3) is 8.02. The van der Waals surface area contributed by atoms with Crippen LogP contribution in [-0.2, 0) is 0 Å². The lowest BCUT2D eigenvalue weighted by molar-refractivity contribution is 0.268. The van der Waals surface area contributed by atoms with Crippen molar-refractivity contribution in [1.82, 2.24) is 0 Å². The van der Waals surface area contributed by atoms with Gasteiger partial charge in [-0.05, 0) is 24.7 Å². The Morgan fingerprint density at radius 1 is 1.25 bits per heavy atom. The molecule has 0 radical (unpaired) electrons. The van der Waals surface area contributed by atoms with Crippen molar-refractivity contribution in [3.05, 3.63) is 0 Å². The van der Waals surface area contributed by atoms with Crippen molar-refractivity contribution < 1.29 is 5.11 Å². The van der Waals surface area contributed by atoms with Crippen LogP contribution in [-0.4, -0.2) is 17.8 Å². The minimum Gasteiger partial charge on any atom is -0.396 e. The van der Waals surface area contributed by atoms with E-state index >= 15 is 0 Å². The lowest BCUT2D eigenvalue weighted by atomic mass is 9.89. The first kappa shape index (κ1) is 11.9. The van der Waals surface area contributed by atoms with Gasteiger partial charge in [-0.2, -0.15) is 0 Å². The number of nitrogens with two attached hydrogens (primary N) is 1. The molecule has 0 spiro atoms. The molecule has 0 aromatic rings. The van der Waals surface area contributed by atoms with Gasteiger partial charge in [0.2, 0.25) is 0 Å². The summed E-state index contributed by atoms with van der Waals surface area (Å²) in [5.41, 5.74) is 6.17. The monoisotopic (exact) mass is 173 g/mol. The first-order valence-corrected chi connectivity index (χ1v) is 4.82. The third-order valence-corrected chi connectivity index (χ3v) is 2.00. The Balaban J connectivity index is 3.31. The van der Waals surface area contributed by atoms with E-state index < -0.39 is 0 Å². The predicted octanol–water partition coefficient (Wildman–Crippen LogP) is 1.91. The molecule has 0 heterocycles. The van der Waals surface area contributed by atoms with E-state index in [2.05, 4.69) is 20.8 Å². The fraction of sp³-hybridized carbons (Fsp3) is 1.00. The summed E-state index contributed by atoms with van der Waals surface area (Å²) < 4.78 is 0. The van der Waals surface area contributed by atoms with Crippen LogP contribution in [0.15, 0.2) is 0 Å². The molecular formula is C10H23NO. The average molecular weight is 173 g/mol. The molecule has 0 saturated carbocycles. The van der Waals surface area contributed by atoms with Gasteiger partial charge in [-0.1, -0.05) is 27.2 Å². The second-order valence-electron chi connectivity index (χ2n) is 4.73. The predicted molar refractivity (Wildman–Crippen MR) is 53.0 cm³/mol. The molecule has 0 aromatic heterocycles. The molecule has 0 saturated heterocycles. The summed E-state index contributed by atoms with van der Waals surface area (Å²) in [6.45, 7) is 6.94. The zero-order valence-corrected chi connectivity index (χ0v) is 8.64. The molecule has 2 nitrogen and oxygen atoms in total. The second kappa shape index (κ2) is 5.55. The van der Waals surface area contributed by atoms with E-state index in [1.807, 2.05) is 0 Å². The molecule has 0 aromatic carbocycles. The van der Waals surface area contributed by atoms with Crippen LogP contribution in [0.4, 0.5) is 0 Å². The van der Waals surface area contributed by atoms with Gasteiger partial charge in [0.1, 0.15) is 0 Å². The molecule has 0 aliphatic rings. The maximum absolute atomic E-state index is 8.62. The highest BCUT2D eigenvalue weighted by atomic mass is 16.3. The van der Waals surface area contributed by atoms with E-state index in [1.54, 1.807) is 0 Å². The van der Waals surface area contributed by atoms with Crippen LogP contribution in [0.5, 0.6) is 0 Å². The maximum Gasteiger partial charge on any atom is 0.0445 e. The average Bonchev–Trinajstić information content (AvgIpc) is 1.84. The Hall–Kier alpha value is -0.0800. The fourth-order valence-corrected chi connectivity index (χ4v) is 1.20. The normalized spacial score (nSPS) is 14.8. The molecule has 1 atom stereocenters. The van der Waals surface area contributed by atoms with Crippen LogP contribution in [0.25, 0.3) is 0 Å². The summed E-state index contributed by atoms with van der Waals surface area (Å²) in [6, 6.07) is 0.192. The van der Waals surface area contributed by atoms with E-state index in [9.17, 15) is 0 Å². The van der Waals surface area contributed by atoms with Crippen LogP contribution in [0.3, 0.4) is 0 Å². The van der Waals surface area contributed by atoms with E-state index in [1.165, 1.54) is 12.8 Å². The first-order chi connectivity index (χ1) is 5.45. The molecular weight excluding hydrogens is 150 g/mol. The molecule has 0 bridgehead atoms. The van der Waals surface area contributed by atoms with Gasteiger partial charge in [0.15, 0.2) is 0 Å². The molecule has 0 rings (SSSR count). The Morgan fingerprint density at radius 3 is 2.25 bits per heavy atom. The van der Waals surface area contributed by atoms with E-state index in [-0.39, 0.29) is 12.6 Å². The highest BCUT2D eigenvalue weighted by Crippen LogP contribution is 2.21. The minimum atomic E-state index is 0.192. The lowest BCUT2D eigenvalue weighted by Gasteiger charge is -2.19. The van der Waals surface area contributed by atoms with Crippen molar-refractivity contribution in [3.8, 4) is 0 Å². The summed E-state index contributed by atoms with van der Waals surface area (Å²) in [5, 5.41) is 8.62. The van der Waals surface area contributed by atoms with E-state index in [0.717, 1.165) is 12.8 Å². The van der Waals surface area contributed by atoms with Crippen molar-refractivity contribution in [2.45, 2.75) is 52.5 Å². The van der Waals surface area contributed by atoms with Crippen LogP contribution in [0.2, 0.25) is 0 Å². The number of aliphatic hydroxyl groups is 1. The van der Waals surface area contributed by atoms with Gasteiger partial charge in [-0.25, -0.2) is 0 Å². The van der Waals surface area contributed by atoms with Crippen LogP contribution >= 0.6 is 0 Å². The molecule has 0 aliphatic heterocycles. The van der Waals surface area contributed by atoms with Gasteiger partial charge in [-0.3, -0.25) is 0 Å². The molecule has 2 heteroatoms. The summed E-state index contributed by atoms with van der Waals surface area (Å²) in [4.78, 5) is 0. The zero-order valence-electron chi connectivity index (χ0n) is 8.64. The number of aliphatic hydroxyl groups excluding tert-OH is 1. The van der Waals surface area contributed by atoms with Crippen LogP contribution in [0, 0.1) is 5.41 Å². The largest absolute Gasteiger partial charge is 0.396 e. The standard InChI is InChI=1S/C10H23NO/c1-10(2,3)7-4-5-9(11)6-8-12/h9,12H,4-8,11H2,1-3H3/t9-/m1/s1. The maximum atomic E-state index is 8.62. The molecule has 0 aliphatic carbocycles. The van der Waals surface area contributed by atoms with Crippen molar-refractivity contribution >= 4 is 0 Å². The quantitative estimate of drug-likeness (QED) is 0.667. The van der Waals surface area contributed by atoms with Crippen molar-refractivity contribution in [2.24, 2.45) is 11.1 Å². The van der Waals surface area contributed by atoms with Crippen molar-refractivity contribution in [3.63, 3.8) is 0 Å². The Bertz CT molecular complexity index is 107. The number of rotatable bonds is 5. The van der Waals surface area contributed by atoms with Gasteiger partial charge in [-0.15, -0.1) is 0 Å². The molecule has 3 N–H and O–H groups in total. The number of hydrogen-bond donors (Lipinski definition) is 2. The smallest absolute Gasteiger partial charge is 0.0445 e. The second-order valence-corrected chi connectivity index (χ2v) is 4.73. The molecule has 0 amide bonds. The Kier molecular flexibility index (Phi) is 5.51. The molecule has 0 unspecified atom stereocenters. The van der Waals surface area contributed by atoms with E-state index in [4.69, 9.17) is 10.8 Å². The van der Waals surface area contributed by atoms with E-state index in [0.29, 0.717) is 5.41 Å². The van der Waals surface area contributed by atoms with Gasteiger partial charge < -0.3 is 10.8 Å². The van der Waals surface area contributed by atoms with Crippen LogP contribution < -0.4 is 5.73 Å². The topological polar surface area (TPSA) is 46.2 Å². The molecule has 74 valence electrons. The molecule has 0 fully saturated rings. The van der Waals surface area contributed by atoms with Gasteiger partial charge in [0.25, 0.3) is 0 Å². The highest BCUT2D eigenvalue weighted by Gasteiger charge is 2.10. The minimum absolute atomic E-state index is 0.192. The first-order valence-electron chi connectivity index (χ1n) is 4.82.